The Morgan fingerprint density at radius 3 is 2.92 bits per heavy atom. The lowest BCUT2D eigenvalue weighted by molar-refractivity contribution is 1.21. The third-order valence-electron chi connectivity index (χ3n) is 1.72. The van der Waals surface area contributed by atoms with Crippen molar-refractivity contribution >= 4 is 17.1 Å². The maximum atomic E-state index is 4.26. The van der Waals surface area contributed by atoms with Crippen LogP contribution in [0.4, 0.5) is 5.95 Å². The summed E-state index contributed by atoms with van der Waals surface area (Å²) in [6, 6.07) is 3.94. The highest BCUT2D eigenvalue weighted by molar-refractivity contribution is 5.73. The number of hydrogen-bond acceptors (Lipinski definition) is 3. The van der Waals surface area contributed by atoms with Gasteiger partial charge in [-0.2, -0.15) is 4.98 Å². The maximum absolute atomic E-state index is 4.26. The Hall–Kier alpha value is -1.58. The van der Waals surface area contributed by atoms with Crippen molar-refractivity contribution in [2.45, 2.75) is 6.92 Å². The van der Waals surface area contributed by atoms with Crippen LogP contribution in [0.25, 0.3) is 11.2 Å². The average Bonchev–Trinajstić information content (AvgIpc) is 2.46. The van der Waals surface area contributed by atoms with Crippen LogP contribution in [0, 0.1) is 6.92 Å². The molecule has 0 unspecified atom stereocenters. The van der Waals surface area contributed by atoms with Gasteiger partial charge in [-0.15, -0.1) is 0 Å². The highest BCUT2D eigenvalue weighted by Crippen LogP contribution is 2.11. The molecular weight excluding hydrogens is 152 g/mol. The number of hydrogen-bond donors (Lipinski definition) is 2. The quantitative estimate of drug-likeness (QED) is 0.664. The summed E-state index contributed by atoms with van der Waals surface area (Å²) >= 11 is 0. The number of H-pyrrole nitrogens is 1. The normalized spacial score (nSPS) is 10.5. The van der Waals surface area contributed by atoms with Crippen molar-refractivity contribution in [1.82, 2.24) is 15.0 Å². The van der Waals surface area contributed by atoms with Gasteiger partial charge in [0.2, 0.25) is 5.95 Å². The number of pyridine rings is 1. The third kappa shape index (κ3) is 1.01. The fraction of sp³-hybridized carbons (Fsp3) is 0.250. The second kappa shape index (κ2) is 2.48. The van der Waals surface area contributed by atoms with Gasteiger partial charge in [-0.1, -0.05) is 0 Å². The van der Waals surface area contributed by atoms with Gasteiger partial charge in [-0.3, -0.25) is 0 Å². The smallest absolute Gasteiger partial charge is 0.202 e. The van der Waals surface area contributed by atoms with E-state index in [4.69, 9.17) is 0 Å². The largest absolute Gasteiger partial charge is 0.359 e. The number of aromatic nitrogens is 3. The van der Waals surface area contributed by atoms with E-state index in [1.807, 2.05) is 26.1 Å². The molecule has 0 fully saturated rings. The second-order valence-electron chi connectivity index (χ2n) is 2.66. The fourth-order valence-corrected chi connectivity index (χ4v) is 1.11. The van der Waals surface area contributed by atoms with Crippen molar-refractivity contribution < 1.29 is 0 Å². The van der Waals surface area contributed by atoms with Crippen LogP contribution in [-0.2, 0) is 0 Å². The molecule has 4 heteroatoms. The van der Waals surface area contributed by atoms with E-state index in [-0.39, 0.29) is 0 Å². The zero-order valence-corrected chi connectivity index (χ0v) is 7.05. The molecule has 0 atom stereocenters. The predicted octanol–water partition coefficient (Wildman–Crippen LogP) is 1.31. The van der Waals surface area contributed by atoms with Crippen molar-refractivity contribution in [2.24, 2.45) is 0 Å². The van der Waals surface area contributed by atoms with E-state index in [2.05, 4.69) is 20.3 Å². The minimum atomic E-state index is 0.753. The number of nitrogens with zero attached hydrogens (tertiary/aromatic N) is 2. The Balaban J connectivity index is 2.67. The van der Waals surface area contributed by atoms with Crippen molar-refractivity contribution in [1.29, 1.82) is 0 Å². The van der Waals surface area contributed by atoms with E-state index in [1.54, 1.807) is 0 Å². The van der Waals surface area contributed by atoms with Crippen LogP contribution in [-0.4, -0.2) is 22.0 Å². The van der Waals surface area contributed by atoms with Crippen molar-refractivity contribution in [3.8, 4) is 0 Å². The summed E-state index contributed by atoms with van der Waals surface area (Å²) in [5, 5.41) is 2.93. The van der Waals surface area contributed by atoms with Crippen LogP contribution in [0.15, 0.2) is 12.1 Å². The number of aryl methyl sites for hydroxylation is 1. The van der Waals surface area contributed by atoms with E-state index in [0.717, 1.165) is 22.8 Å². The molecule has 2 aromatic rings. The lowest BCUT2D eigenvalue weighted by Crippen LogP contribution is -1.88. The van der Waals surface area contributed by atoms with Gasteiger partial charge in [0.15, 0.2) is 5.65 Å². The first kappa shape index (κ1) is 7.09. The molecule has 0 aliphatic rings. The predicted molar refractivity (Wildman–Crippen MR) is 48.2 cm³/mol. The number of rotatable bonds is 1. The molecule has 0 aliphatic carbocycles. The van der Waals surface area contributed by atoms with Gasteiger partial charge in [0.05, 0.1) is 5.52 Å². The number of imidazole rings is 1. The molecule has 12 heavy (non-hydrogen) atoms. The first-order valence-corrected chi connectivity index (χ1v) is 3.81. The van der Waals surface area contributed by atoms with Gasteiger partial charge >= 0.3 is 0 Å². The topological polar surface area (TPSA) is 53.6 Å². The summed E-state index contributed by atoms with van der Waals surface area (Å²) in [6.07, 6.45) is 0. The second-order valence-corrected chi connectivity index (χ2v) is 2.66. The third-order valence-corrected chi connectivity index (χ3v) is 1.72. The number of aromatic amines is 1. The molecule has 0 aromatic carbocycles. The van der Waals surface area contributed by atoms with Gasteiger partial charge in [-0.25, -0.2) is 4.98 Å². The van der Waals surface area contributed by atoms with E-state index in [0.29, 0.717) is 0 Å². The first-order valence-electron chi connectivity index (χ1n) is 3.81. The Kier molecular flexibility index (Phi) is 1.46. The Morgan fingerprint density at radius 2 is 2.17 bits per heavy atom. The summed E-state index contributed by atoms with van der Waals surface area (Å²) in [4.78, 5) is 11.6. The van der Waals surface area contributed by atoms with Gasteiger partial charge < -0.3 is 10.3 Å². The lowest BCUT2D eigenvalue weighted by Gasteiger charge is -1.88. The van der Waals surface area contributed by atoms with E-state index < -0.39 is 0 Å². The molecule has 4 nitrogen and oxygen atoms in total. The molecule has 0 saturated heterocycles. The van der Waals surface area contributed by atoms with E-state index >= 15 is 0 Å². The molecule has 0 bridgehead atoms. The number of nitrogens with one attached hydrogen (secondary N) is 2. The number of fused-ring (bicyclic) bond motifs is 1. The minimum Gasteiger partial charge on any atom is -0.359 e. The highest BCUT2D eigenvalue weighted by atomic mass is 15.1. The highest BCUT2D eigenvalue weighted by Gasteiger charge is 2.00. The van der Waals surface area contributed by atoms with Crippen LogP contribution < -0.4 is 5.32 Å². The molecular formula is C8H10N4. The molecule has 0 amide bonds. The summed E-state index contributed by atoms with van der Waals surface area (Å²) in [5.41, 5.74) is 2.71. The van der Waals surface area contributed by atoms with Gasteiger partial charge in [0, 0.05) is 12.7 Å². The monoisotopic (exact) mass is 162 g/mol. The Morgan fingerprint density at radius 1 is 1.33 bits per heavy atom. The average molecular weight is 162 g/mol. The summed E-state index contributed by atoms with van der Waals surface area (Å²) < 4.78 is 0. The van der Waals surface area contributed by atoms with Crippen LogP contribution >= 0.6 is 0 Å². The lowest BCUT2D eigenvalue weighted by atomic mass is 10.4. The number of anilines is 1. The molecule has 0 aliphatic heterocycles. The molecule has 0 saturated carbocycles. The Labute approximate surface area is 70.0 Å². The molecule has 0 spiro atoms. The minimum absolute atomic E-state index is 0.753. The van der Waals surface area contributed by atoms with Gasteiger partial charge in [0.25, 0.3) is 0 Å². The fourth-order valence-electron chi connectivity index (χ4n) is 1.11. The van der Waals surface area contributed by atoms with Crippen LogP contribution in [0.3, 0.4) is 0 Å². The molecule has 2 N–H and O–H groups in total. The van der Waals surface area contributed by atoms with Gasteiger partial charge in [-0.05, 0) is 19.1 Å². The van der Waals surface area contributed by atoms with Crippen molar-refractivity contribution in [3.63, 3.8) is 0 Å². The summed E-state index contributed by atoms with van der Waals surface area (Å²) in [5.74, 6) is 0.753. The molecule has 2 rings (SSSR count). The van der Waals surface area contributed by atoms with Crippen molar-refractivity contribution in [3.05, 3.63) is 17.8 Å². The van der Waals surface area contributed by atoms with Gasteiger partial charge in [0.1, 0.15) is 0 Å². The summed E-state index contributed by atoms with van der Waals surface area (Å²) in [7, 11) is 1.82. The zero-order chi connectivity index (χ0) is 8.55. The standard InChI is InChI=1S/C8H10N4/c1-5-3-4-6-7(10-5)12-8(9-2)11-6/h3-4H,1-2H3,(H2,9,10,11,12). The van der Waals surface area contributed by atoms with E-state index in [9.17, 15) is 0 Å². The Bertz CT molecular complexity index is 404. The molecule has 0 radical (unpaired) electrons. The SMILES string of the molecule is CNc1nc2nc(C)ccc2[nH]1. The first-order chi connectivity index (χ1) is 5.79. The summed E-state index contributed by atoms with van der Waals surface area (Å²) in [6.45, 7) is 1.95. The molecule has 2 aromatic heterocycles. The maximum Gasteiger partial charge on any atom is 0.202 e. The van der Waals surface area contributed by atoms with Crippen LogP contribution in [0.5, 0.6) is 0 Å². The van der Waals surface area contributed by atoms with Crippen LogP contribution in [0.1, 0.15) is 5.69 Å². The molecule has 2 heterocycles. The zero-order valence-electron chi connectivity index (χ0n) is 7.05. The molecule has 62 valence electrons. The van der Waals surface area contributed by atoms with Crippen LogP contribution in [0.2, 0.25) is 0 Å². The van der Waals surface area contributed by atoms with Crippen molar-refractivity contribution in [2.75, 3.05) is 12.4 Å². The van der Waals surface area contributed by atoms with E-state index in [1.165, 1.54) is 0 Å².